The van der Waals surface area contributed by atoms with Crippen molar-refractivity contribution in [1.82, 2.24) is 9.21 Å². The third-order valence-corrected chi connectivity index (χ3v) is 9.45. The van der Waals surface area contributed by atoms with Crippen molar-refractivity contribution in [3.05, 3.63) is 65.9 Å². The number of fused-ring (bicyclic) bond motifs is 1. The Labute approximate surface area is 210 Å². The van der Waals surface area contributed by atoms with Crippen LogP contribution in [0.3, 0.4) is 0 Å². The summed E-state index contributed by atoms with van der Waals surface area (Å²) in [6, 6.07) is 13.5. The molecule has 6 nitrogen and oxygen atoms in total. The van der Waals surface area contributed by atoms with E-state index >= 15 is 0 Å². The maximum absolute atomic E-state index is 14.0. The molecule has 3 aromatic rings. The van der Waals surface area contributed by atoms with Gasteiger partial charge in [-0.3, -0.25) is 4.79 Å². The molecule has 1 saturated carbocycles. The molecule has 1 aliphatic carbocycles. The fourth-order valence-electron chi connectivity index (χ4n) is 5.36. The molecule has 0 radical (unpaired) electrons. The molecule has 1 N–H and O–H groups in total. The smallest absolute Gasteiger partial charge is 0.248 e. The van der Waals surface area contributed by atoms with Crippen LogP contribution in [0.2, 0.25) is 0 Å². The number of nitrogens with zero attached hydrogens (tertiary/aromatic N) is 2. The van der Waals surface area contributed by atoms with Crippen LogP contribution in [0.5, 0.6) is 0 Å². The number of carbonyl (C=O) groups excluding carboxylic acids is 1. The molecule has 2 heterocycles. The van der Waals surface area contributed by atoms with E-state index in [1.807, 2.05) is 43.3 Å². The molecule has 0 spiro atoms. The second kappa shape index (κ2) is 9.59. The van der Waals surface area contributed by atoms with Crippen LogP contribution in [-0.2, 0) is 21.3 Å². The lowest BCUT2D eigenvalue weighted by atomic mass is 9.90. The molecule has 9 heteroatoms. The van der Waals surface area contributed by atoms with Gasteiger partial charge in [0.2, 0.25) is 11.8 Å². The molecule has 192 valence electrons. The number of hydrogen-bond donors (Lipinski definition) is 1. The quantitative estimate of drug-likeness (QED) is 0.429. The van der Waals surface area contributed by atoms with Gasteiger partial charge in [-0.2, -0.15) is 0 Å². The number of benzene rings is 2. The van der Waals surface area contributed by atoms with E-state index < -0.39 is 21.9 Å². The number of aryl methyl sites for hydroxylation is 1. The van der Waals surface area contributed by atoms with Crippen molar-refractivity contribution in [2.24, 2.45) is 0 Å². The van der Waals surface area contributed by atoms with E-state index in [4.69, 9.17) is 9.20 Å². The molecule has 1 aromatic heterocycles. The first-order valence-corrected chi connectivity index (χ1v) is 13.9. The number of halogens is 2. The highest BCUT2D eigenvalue weighted by Gasteiger charge is 2.43. The molecular formula is C27H31F2N3O3S. The number of amides is 1. The van der Waals surface area contributed by atoms with Crippen molar-refractivity contribution in [3.63, 3.8) is 0 Å². The Kier molecular flexibility index (Phi) is 6.63. The Morgan fingerprint density at radius 1 is 1.14 bits per heavy atom. The third-order valence-electron chi connectivity index (χ3n) is 7.44. The number of carbonyl (C=O) groups is 1. The van der Waals surface area contributed by atoms with Gasteiger partial charge in [0.15, 0.2) is 0 Å². The maximum atomic E-state index is 14.0. The highest BCUT2D eigenvalue weighted by Crippen LogP contribution is 2.37. The Hall–Kier alpha value is -2.78. The summed E-state index contributed by atoms with van der Waals surface area (Å²) in [4.78, 5) is 16.1. The van der Waals surface area contributed by atoms with Crippen molar-refractivity contribution >= 4 is 26.8 Å². The van der Waals surface area contributed by atoms with Crippen molar-refractivity contribution < 1.29 is 22.2 Å². The lowest BCUT2D eigenvalue weighted by molar-refractivity contribution is -0.141. The standard InChI is InChI=1S/C27H31F2N3O3S/c1-19-4-8-23(9-5-19)36(30,34)32-15-2-3-24(32)26(33)31(22-10-13-27(28,29)14-11-22)18-20-6-7-21-12-16-35-25(21)17-20/h4-9,12,16-17,22,24,30H,2-3,10-11,13-15,18H2,1H3/t24-,36?/m0/s1. The van der Waals surface area contributed by atoms with Crippen LogP contribution in [-0.4, -0.2) is 43.9 Å². The van der Waals surface area contributed by atoms with Crippen molar-refractivity contribution in [1.29, 1.82) is 4.78 Å². The summed E-state index contributed by atoms with van der Waals surface area (Å²) < 4.78 is 57.4. The first kappa shape index (κ1) is 24.9. The molecule has 1 saturated heterocycles. The normalized spacial score (nSPS) is 22.5. The zero-order chi connectivity index (χ0) is 25.5. The topological polar surface area (TPSA) is 77.6 Å². The lowest BCUT2D eigenvalue weighted by Gasteiger charge is -2.39. The molecular weight excluding hydrogens is 484 g/mol. The zero-order valence-corrected chi connectivity index (χ0v) is 21.1. The first-order valence-electron chi connectivity index (χ1n) is 12.4. The molecule has 2 aromatic carbocycles. The van der Waals surface area contributed by atoms with Crippen molar-refractivity contribution in [2.45, 2.75) is 74.9 Å². The van der Waals surface area contributed by atoms with Crippen LogP contribution < -0.4 is 0 Å². The van der Waals surface area contributed by atoms with E-state index in [9.17, 15) is 17.8 Å². The van der Waals surface area contributed by atoms with Gasteiger partial charge in [-0.15, -0.1) is 0 Å². The Morgan fingerprint density at radius 3 is 2.58 bits per heavy atom. The second-order valence-electron chi connectivity index (χ2n) is 9.98. The fraction of sp³-hybridized carbons (Fsp3) is 0.444. The zero-order valence-electron chi connectivity index (χ0n) is 20.3. The number of furan rings is 1. The average Bonchev–Trinajstić information content (AvgIpc) is 3.52. The Morgan fingerprint density at radius 2 is 1.86 bits per heavy atom. The van der Waals surface area contributed by atoms with Gasteiger partial charge in [-0.1, -0.05) is 29.8 Å². The van der Waals surface area contributed by atoms with Gasteiger partial charge in [0.25, 0.3) is 0 Å². The molecule has 36 heavy (non-hydrogen) atoms. The third kappa shape index (κ3) is 4.91. The summed E-state index contributed by atoms with van der Waals surface area (Å²) in [7, 11) is -3.38. The molecule has 5 rings (SSSR count). The number of hydrogen-bond acceptors (Lipinski definition) is 4. The molecule has 1 amide bonds. The minimum absolute atomic E-state index is 0.211. The van der Waals surface area contributed by atoms with Gasteiger partial charge in [-0.25, -0.2) is 22.1 Å². The monoisotopic (exact) mass is 515 g/mol. The van der Waals surface area contributed by atoms with Gasteiger partial charge in [0, 0.05) is 37.4 Å². The Balaban J connectivity index is 1.44. The van der Waals surface area contributed by atoms with E-state index in [1.54, 1.807) is 23.3 Å². The number of nitrogens with one attached hydrogen (secondary N) is 1. The highest BCUT2D eigenvalue weighted by atomic mass is 32.2. The summed E-state index contributed by atoms with van der Waals surface area (Å²) in [6.07, 6.45) is 2.64. The second-order valence-corrected chi connectivity index (χ2v) is 12.0. The average molecular weight is 516 g/mol. The van der Waals surface area contributed by atoms with Crippen LogP contribution in [0.15, 0.2) is 64.1 Å². The van der Waals surface area contributed by atoms with Crippen LogP contribution in [0.4, 0.5) is 8.78 Å². The van der Waals surface area contributed by atoms with Crippen LogP contribution in [0.25, 0.3) is 11.0 Å². The van der Waals surface area contributed by atoms with Gasteiger partial charge < -0.3 is 9.32 Å². The minimum atomic E-state index is -3.38. The summed E-state index contributed by atoms with van der Waals surface area (Å²) >= 11 is 0. The fourth-order valence-corrected chi connectivity index (χ4v) is 7.08. The van der Waals surface area contributed by atoms with Gasteiger partial charge in [0.05, 0.1) is 11.2 Å². The molecule has 1 unspecified atom stereocenters. The predicted molar refractivity (Wildman–Crippen MR) is 134 cm³/mol. The highest BCUT2D eigenvalue weighted by molar-refractivity contribution is 7.90. The van der Waals surface area contributed by atoms with Crippen LogP contribution >= 0.6 is 0 Å². The largest absolute Gasteiger partial charge is 0.464 e. The molecule has 2 fully saturated rings. The van der Waals surface area contributed by atoms with Crippen molar-refractivity contribution in [2.75, 3.05) is 6.54 Å². The molecule has 2 atom stereocenters. The van der Waals surface area contributed by atoms with Crippen LogP contribution in [0, 0.1) is 11.7 Å². The lowest BCUT2D eigenvalue weighted by Crippen LogP contribution is -2.51. The number of rotatable bonds is 6. The van der Waals surface area contributed by atoms with Gasteiger partial charge in [0.1, 0.15) is 21.5 Å². The van der Waals surface area contributed by atoms with E-state index in [0.717, 1.165) is 16.5 Å². The molecule has 1 aliphatic heterocycles. The first-order chi connectivity index (χ1) is 17.1. The summed E-state index contributed by atoms with van der Waals surface area (Å²) in [5.74, 6) is -2.95. The summed E-state index contributed by atoms with van der Waals surface area (Å²) in [5, 5.41) is 0.947. The van der Waals surface area contributed by atoms with E-state index in [0.29, 0.717) is 29.9 Å². The van der Waals surface area contributed by atoms with E-state index in [1.165, 1.54) is 4.31 Å². The van der Waals surface area contributed by atoms with Gasteiger partial charge >= 0.3 is 0 Å². The predicted octanol–water partition coefficient (Wildman–Crippen LogP) is 6.13. The minimum Gasteiger partial charge on any atom is -0.464 e. The van der Waals surface area contributed by atoms with Crippen LogP contribution in [0.1, 0.15) is 49.7 Å². The maximum Gasteiger partial charge on any atom is 0.248 e. The Bertz CT molecular complexity index is 1340. The van der Waals surface area contributed by atoms with E-state index in [2.05, 4.69) is 0 Å². The summed E-state index contributed by atoms with van der Waals surface area (Å²) in [6.45, 7) is 2.55. The summed E-state index contributed by atoms with van der Waals surface area (Å²) in [5.41, 5.74) is 2.54. The van der Waals surface area contributed by atoms with Gasteiger partial charge in [-0.05, 0) is 62.4 Å². The van der Waals surface area contributed by atoms with E-state index in [-0.39, 0.29) is 44.2 Å². The SMILES string of the molecule is Cc1ccc(S(=N)(=O)N2CCC[C@H]2C(=O)N(Cc2ccc3ccoc3c2)C2CCC(F)(F)CC2)cc1. The number of alkyl halides is 2. The van der Waals surface area contributed by atoms with Crippen molar-refractivity contribution in [3.8, 4) is 0 Å². The molecule has 2 aliphatic rings. The molecule has 0 bridgehead atoms.